The Labute approximate surface area is 229 Å². The van der Waals surface area contributed by atoms with Gasteiger partial charge in [0.1, 0.15) is 12.2 Å². The fraction of sp³-hybridized carbons (Fsp3) is 0.594. The Hall–Kier alpha value is -2.25. The van der Waals surface area contributed by atoms with Crippen LogP contribution in [0.4, 0.5) is 0 Å². The van der Waals surface area contributed by atoms with Crippen molar-refractivity contribution < 1.29 is 28.5 Å². The fourth-order valence-corrected chi connectivity index (χ4v) is 4.81. The quantitative estimate of drug-likeness (QED) is 0.163. The second-order valence-electron chi connectivity index (χ2n) is 10.2. The summed E-state index contributed by atoms with van der Waals surface area (Å²) in [6.45, 7) is 6.90. The number of hydrogen-bond donors (Lipinski definition) is 0. The van der Waals surface area contributed by atoms with Gasteiger partial charge in [-0.1, -0.05) is 113 Å². The summed E-state index contributed by atoms with van der Waals surface area (Å²) in [5.74, 6) is -0.382. The molecule has 0 bridgehead atoms. The first-order chi connectivity index (χ1) is 18.6. The van der Waals surface area contributed by atoms with Gasteiger partial charge in [0, 0.05) is 13.5 Å². The van der Waals surface area contributed by atoms with Crippen molar-refractivity contribution in [2.45, 2.75) is 116 Å². The van der Waals surface area contributed by atoms with Crippen molar-refractivity contribution in [1.29, 1.82) is 0 Å². The molecule has 1 heterocycles. The normalized spacial score (nSPS) is 23.3. The average molecular weight is 527 g/mol. The van der Waals surface area contributed by atoms with Gasteiger partial charge in [0.15, 0.2) is 12.4 Å². The van der Waals surface area contributed by atoms with Gasteiger partial charge in [-0.2, -0.15) is 0 Å². The lowest BCUT2D eigenvalue weighted by molar-refractivity contribution is -0.313. The minimum atomic E-state index is -0.660. The topological polar surface area (TPSA) is 63.2 Å². The van der Waals surface area contributed by atoms with Gasteiger partial charge in [0.05, 0.1) is 19.3 Å². The number of carbonyl (C=O) groups is 1. The number of rotatable bonds is 17. The van der Waals surface area contributed by atoms with Crippen molar-refractivity contribution >= 4 is 5.97 Å². The summed E-state index contributed by atoms with van der Waals surface area (Å²) in [4.78, 5) is 12.2. The molecule has 5 atom stereocenters. The van der Waals surface area contributed by atoms with Gasteiger partial charge < -0.3 is 23.7 Å². The molecule has 1 unspecified atom stereocenters. The largest absolute Gasteiger partial charge is 0.457 e. The molecule has 1 aliphatic rings. The highest BCUT2D eigenvalue weighted by Gasteiger charge is 2.48. The molecule has 38 heavy (non-hydrogen) atoms. The highest BCUT2D eigenvalue weighted by atomic mass is 16.7. The maximum Gasteiger partial charge on any atom is 0.303 e. The number of hydrogen-bond acceptors (Lipinski definition) is 6. The summed E-state index contributed by atoms with van der Waals surface area (Å²) in [5.41, 5.74) is 2.06. The number of carbonyl (C=O) groups excluding carboxylic acids is 1. The van der Waals surface area contributed by atoms with Crippen LogP contribution in [0.3, 0.4) is 0 Å². The van der Waals surface area contributed by atoms with E-state index < -0.39 is 24.6 Å². The Morgan fingerprint density at radius 1 is 0.711 bits per heavy atom. The first kappa shape index (κ1) is 30.3. The smallest absolute Gasteiger partial charge is 0.303 e. The van der Waals surface area contributed by atoms with Gasteiger partial charge in [-0.05, 0) is 24.5 Å². The van der Waals surface area contributed by atoms with Crippen LogP contribution >= 0.6 is 0 Å². The van der Waals surface area contributed by atoms with E-state index in [9.17, 15) is 4.79 Å². The van der Waals surface area contributed by atoms with Crippen LogP contribution in [0.25, 0.3) is 0 Å². The molecular formula is C32H46O6. The van der Waals surface area contributed by atoms with Gasteiger partial charge in [-0.3, -0.25) is 4.79 Å². The minimum Gasteiger partial charge on any atom is -0.457 e. The Morgan fingerprint density at radius 2 is 1.24 bits per heavy atom. The van der Waals surface area contributed by atoms with Crippen LogP contribution in [-0.4, -0.2) is 43.3 Å². The lowest BCUT2D eigenvalue weighted by Gasteiger charge is -2.44. The van der Waals surface area contributed by atoms with E-state index >= 15 is 0 Å². The molecule has 6 nitrogen and oxygen atoms in total. The standard InChI is InChI=1S/C32H46O6/c1-4-5-6-7-8-9-10-17-22-34-32-31(36-24-28-20-15-12-16-21-28)30(38-26(3)33)29(25(2)37-32)35-23-27-18-13-11-14-19-27/h11-16,18-21,25,29-32H,4-10,17,22-24H2,1-3H3/t25-,29+,30+,31-,32?/m0/s1. The molecule has 3 rings (SSSR count). The highest BCUT2D eigenvalue weighted by Crippen LogP contribution is 2.30. The monoisotopic (exact) mass is 526 g/mol. The van der Waals surface area contributed by atoms with E-state index in [1.54, 1.807) is 0 Å². The summed E-state index contributed by atoms with van der Waals surface area (Å²) < 4.78 is 31.0. The molecule has 2 aromatic rings. The van der Waals surface area contributed by atoms with Gasteiger partial charge in [0.2, 0.25) is 0 Å². The Bertz CT molecular complexity index is 889. The molecule has 1 saturated heterocycles. The van der Waals surface area contributed by atoms with Crippen LogP contribution in [0.5, 0.6) is 0 Å². The van der Waals surface area contributed by atoms with E-state index in [1.165, 1.54) is 45.4 Å². The SMILES string of the molecule is CCCCCCCCCCOC1O[C@@H](C)[C@@H](OCc2ccccc2)[C@@H](OC(C)=O)[C@@H]1OCc1ccccc1. The summed E-state index contributed by atoms with van der Waals surface area (Å²) in [6, 6.07) is 19.9. The molecule has 6 heteroatoms. The van der Waals surface area contributed by atoms with Crippen LogP contribution in [-0.2, 0) is 41.7 Å². The zero-order valence-corrected chi connectivity index (χ0v) is 23.4. The van der Waals surface area contributed by atoms with E-state index in [2.05, 4.69) is 6.92 Å². The van der Waals surface area contributed by atoms with Crippen molar-refractivity contribution in [2.24, 2.45) is 0 Å². The van der Waals surface area contributed by atoms with Crippen LogP contribution in [0, 0.1) is 0 Å². The predicted octanol–water partition coefficient (Wildman–Crippen LogP) is 6.99. The molecular weight excluding hydrogens is 480 g/mol. The Morgan fingerprint density at radius 3 is 1.79 bits per heavy atom. The number of esters is 1. The second-order valence-corrected chi connectivity index (χ2v) is 10.2. The van der Waals surface area contributed by atoms with E-state index in [1.807, 2.05) is 67.6 Å². The number of unbranched alkanes of at least 4 members (excludes halogenated alkanes) is 7. The van der Waals surface area contributed by atoms with Crippen molar-refractivity contribution in [3.63, 3.8) is 0 Å². The van der Waals surface area contributed by atoms with Gasteiger partial charge in [0.25, 0.3) is 0 Å². The predicted molar refractivity (Wildman–Crippen MR) is 148 cm³/mol. The summed E-state index contributed by atoms with van der Waals surface area (Å²) in [6.07, 6.45) is 7.03. The molecule has 2 aromatic carbocycles. The van der Waals surface area contributed by atoms with Crippen molar-refractivity contribution in [1.82, 2.24) is 0 Å². The molecule has 0 amide bonds. The first-order valence-corrected chi connectivity index (χ1v) is 14.3. The average Bonchev–Trinajstić information content (AvgIpc) is 2.92. The van der Waals surface area contributed by atoms with Crippen molar-refractivity contribution in [3.8, 4) is 0 Å². The van der Waals surface area contributed by atoms with Crippen LogP contribution in [0.1, 0.15) is 83.3 Å². The van der Waals surface area contributed by atoms with Gasteiger partial charge in [-0.25, -0.2) is 0 Å². The molecule has 1 fully saturated rings. The van der Waals surface area contributed by atoms with Crippen LogP contribution in [0.2, 0.25) is 0 Å². The second kappa shape index (κ2) is 17.4. The van der Waals surface area contributed by atoms with Gasteiger partial charge >= 0.3 is 5.97 Å². The molecule has 0 spiro atoms. The van der Waals surface area contributed by atoms with Crippen molar-refractivity contribution in [2.75, 3.05) is 6.61 Å². The van der Waals surface area contributed by atoms with E-state index in [-0.39, 0.29) is 12.1 Å². The van der Waals surface area contributed by atoms with E-state index in [0.29, 0.717) is 19.8 Å². The Balaban J connectivity index is 1.64. The fourth-order valence-electron chi connectivity index (χ4n) is 4.81. The van der Waals surface area contributed by atoms with Crippen LogP contribution in [0.15, 0.2) is 60.7 Å². The number of benzene rings is 2. The molecule has 0 aromatic heterocycles. The first-order valence-electron chi connectivity index (χ1n) is 14.3. The van der Waals surface area contributed by atoms with Crippen molar-refractivity contribution in [3.05, 3.63) is 71.8 Å². The summed E-state index contributed by atoms with van der Waals surface area (Å²) >= 11 is 0. The summed E-state index contributed by atoms with van der Waals surface area (Å²) in [7, 11) is 0. The third kappa shape index (κ3) is 10.5. The van der Waals surface area contributed by atoms with E-state index in [0.717, 1.165) is 24.0 Å². The van der Waals surface area contributed by atoms with Gasteiger partial charge in [-0.15, -0.1) is 0 Å². The van der Waals surface area contributed by atoms with Crippen LogP contribution < -0.4 is 0 Å². The maximum absolute atomic E-state index is 12.2. The number of ether oxygens (including phenoxy) is 5. The third-order valence-electron chi connectivity index (χ3n) is 6.88. The minimum absolute atomic E-state index is 0.344. The zero-order valence-electron chi connectivity index (χ0n) is 23.4. The highest BCUT2D eigenvalue weighted by molar-refractivity contribution is 5.66. The third-order valence-corrected chi connectivity index (χ3v) is 6.88. The zero-order chi connectivity index (χ0) is 27.0. The molecule has 0 saturated carbocycles. The Kier molecular flexibility index (Phi) is 13.8. The molecule has 1 aliphatic heterocycles. The lowest BCUT2D eigenvalue weighted by Crippen LogP contribution is -2.60. The summed E-state index contributed by atoms with van der Waals surface area (Å²) in [5, 5.41) is 0. The molecule has 0 aliphatic carbocycles. The maximum atomic E-state index is 12.2. The molecule has 0 radical (unpaired) electrons. The molecule has 0 N–H and O–H groups in total. The molecule has 210 valence electrons. The van der Waals surface area contributed by atoms with E-state index in [4.69, 9.17) is 23.7 Å². The lowest BCUT2D eigenvalue weighted by atomic mass is 9.98.